The van der Waals surface area contributed by atoms with Gasteiger partial charge in [0.25, 0.3) is 0 Å². The van der Waals surface area contributed by atoms with E-state index in [0.29, 0.717) is 34.1 Å². The maximum absolute atomic E-state index is 13.7. The molecule has 0 radical (unpaired) electrons. The zero-order chi connectivity index (χ0) is 20.4. The summed E-state index contributed by atoms with van der Waals surface area (Å²) in [7, 11) is 1.60. The van der Waals surface area contributed by atoms with Crippen LogP contribution in [-0.4, -0.2) is 32.0 Å². The molecular weight excluding hydrogens is 417 g/mol. The third kappa shape index (κ3) is 4.10. The number of thioether (sulfide) groups is 1. The molecule has 2 heterocycles. The van der Waals surface area contributed by atoms with Crippen LogP contribution in [-0.2, 0) is 5.75 Å². The fraction of sp³-hybridized carbons (Fsp3) is 0.158. The van der Waals surface area contributed by atoms with E-state index in [-0.39, 0.29) is 5.02 Å². The van der Waals surface area contributed by atoms with Crippen molar-refractivity contribution >= 4 is 23.4 Å². The zero-order valence-electron chi connectivity index (χ0n) is 15.5. The zero-order valence-corrected chi connectivity index (χ0v) is 17.0. The molecule has 148 valence electrons. The number of aromatic nitrogens is 5. The van der Waals surface area contributed by atoms with E-state index in [1.807, 2.05) is 24.3 Å². The van der Waals surface area contributed by atoms with Crippen LogP contribution < -0.4 is 4.74 Å². The molecule has 0 bridgehead atoms. The fourth-order valence-electron chi connectivity index (χ4n) is 2.67. The first-order valence-electron chi connectivity index (χ1n) is 8.52. The standard InChI is InChI=1S/C19H15ClFN5O2S/c1-11-22-17(28-25-11)10-29-19-24-23-18(12-3-6-14(27-2)7-4-12)26(19)13-5-8-16(21)15(20)9-13/h3-9H,10H2,1-2H3. The van der Waals surface area contributed by atoms with Gasteiger partial charge in [-0.15, -0.1) is 10.2 Å². The third-order valence-corrected chi connectivity index (χ3v) is 5.24. The van der Waals surface area contributed by atoms with Gasteiger partial charge in [-0.1, -0.05) is 28.5 Å². The third-order valence-electron chi connectivity index (χ3n) is 4.04. The SMILES string of the molecule is COc1ccc(-c2nnc(SCc3nc(C)no3)n2-c2ccc(F)c(Cl)c2)cc1. The molecule has 0 aliphatic heterocycles. The van der Waals surface area contributed by atoms with Crippen LogP contribution in [0.25, 0.3) is 17.1 Å². The van der Waals surface area contributed by atoms with Crippen LogP contribution in [0.1, 0.15) is 11.7 Å². The molecule has 2 aromatic carbocycles. The molecule has 0 atom stereocenters. The van der Waals surface area contributed by atoms with Gasteiger partial charge in [-0.2, -0.15) is 4.98 Å². The molecule has 0 spiro atoms. The quantitative estimate of drug-likeness (QED) is 0.409. The van der Waals surface area contributed by atoms with Gasteiger partial charge in [-0.3, -0.25) is 4.57 Å². The summed E-state index contributed by atoms with van der Waals surface area (Å²) >= 11 is 7.38. The van der Waals surface area contributed by atoms with Crippen molar-refractivity contribution < 1.29 is 13.7 Å². The van der Waals surface area contributed by atoms with Crippen LogP contribution in [0.3, 0.4) is 0 Å². The van der Waals surface area contributed by atoms with E-state index < -0.39 is 5.82 Å². The molecule has 4 aromatic rings. The van der Waals surface area contributed by atoms with Crippen molar-refractivity contribution in [1.29, 1.82) is 0 Å². The van der Waals surface area contributed by atoms with Gasteiger partial charge in [0.2, 0.25) is 5.89 Å². The molecule has 2 aromatic heterocycles. The summed E-state index contributed by atoms with van der Waals surface area (Å²) in [5.74, 6) is 2.27. The molecular formula is C19H15ClFN5O2S. The number of benzene rings is 2. The molecule has 7 nitrogen and oxygen atoms in total. The largest absolute Gasteiger partial charge is 0.497 e. The minimum absolute atomic E-state index is 0.0142. The van der Waals surface area contributed by atoms with Crippen LogP contribution in [0, 0.1) is 12.7 Å². The first kappa shape index (κ1) is 19.4. The Morgan fingerprint density at radius 1 is 1.17 bits per heavy atom. The maximum Gasteiger partial charge on any atom is 0.237 e. The number of nitrogens with zero attached hydrogens (tertiary/aromatic N) is 5. The summed E-state index contributed by atoms with van der Waals surface area (Å²) < 4.78 is 25.9. The number of rotatable bonds is 6. The van der Waals surface area contributed by atoms with E-state index >= 15 is 0 Å². The number of halogens is 2. The summed E-state index contributed by atoms with van der Waals surface area (Å²) in [5.41, 5.74) is 1.45. The molecule has 29 heavy (non-hydrogen) atoms. The summed E-state index contributed by atoms with van der Waals surface area (Å²) in [6.07, 6.45) is 0. The normalized spacial score (nSPS) is 11.0. The van der Waals surface area contributed by atoms with Crippen molar-refractivity contribution in [2.75, 3.05) is 7.11 Å². The molecule has 0 fully saturated rings. The molecule has 0 amide bonds. The van der Waals surface area contributed by atoms with Crippen LogP contribution in [0.4, 0.5) is 4.39 Å². The predicted octanol–water partition coefficient (Wildman–Crippen LogP) is 4.72. The lowest BCUT2D eigenvalue weighted by Gasteiger charge is -2.11. The molecule has 0 unspecified atom stereocenters. The number of hydrogen-bond acceptors (Lipinski definition) is 7. The Bertz CT molecular complexity index is 1150. The van der Waals surface area contributed by atoms with Gasteiger partial charge in [0.15, 0.2) is 16.8 Å². The average molecular weight is 432 g/mol. The Hall–Kier alpha value is -2.91. The lowest BCUT2D eigenvalue weighted by molar-refractivity contribution is 0.387. The second-order valence-electron chi connectivity index (χ2n) is 5.99. The molecule has 0 aliphatic carbocycles. The Labute approximate surface area is 174 Å². The molecule has 0 N–H and O–H groups in total. The minimum atomic E-state index is -0.495. The summed E-state index contributed by atoms with van der Waals surface area (Å²) in [6, 6.07) is 11.9. The van der Waals surface area contributed by atoms with Gasteiger partial charge in [-0.25, -0.2) is 4.39 Å². The lowest BCUT2D eigenvalue weighted by atomic mass is 10.2. The summed E-state index contributed by atoms with van der Waals surface area (Å²) in [6.45, 7) is 1.75. The predicted molar refractivity (Wildman–Crippen MR) is 107 cm³/mol. The molecule has 0 saturated carbocycles. The smallest absolute Gasteiger partial charge is 0.237 e. The van der Waals surface area contributed by atoms with E-state index in [1.54, 1.807) is 24.7 Å². The van der Waals surface area contributed by atoms with Gasteiger partial charge in [0, 0.05) is 5.56 Å². The Morgan fingerprint density at radius 2 is 1.97 bits per heavy atom. The van der Waals surface area contributed by atoms with Crippen LogP contribution in [0.2, 0.25) is 5.02 Å². The van der Waals surface area contributed by atoms with Crippen LogP contribution in [0.15, 0.2) is 52.1 Å². The average Bonchev–Trinajstić information content (AvgIpc) is 3.34. The van der Waals surface area contributed by atoms with Crippen LogP contribution in [0.5, 0.6) is 5.75 Å². The van der Waals surface area contributed by atoms with Crippen molar-refractivity contribution in [3.05, 3.63) is 65.0 Å². The van der Waals surface area contributed by atoms with E-state index in [9.17, 15) is 4.39 Å². The second-order valence-corrected chi connectivity index (χ2v) is 7.34. The number of aryl methyl sites for hydroxylation is 1. The van der Waals surface area contributed by atoms with Gasteiger partial charge in [0.05, 0.1) is 23.6 Å². The molecule has 10 heteroatoms. The number of hydrogen-bond donors (Lipinski definition) is 0. The van der Waals surface area contributed by atoms with Gasteiger partial charge in [-0.05, 0) is 49.4 Å². The van der Waals surface area contributed by atoms with E-state index in [1.165, 1.54) is 23.9 Å². The van der Waals surface area contributed by atoms with Crippen molar-refractivity contribution in [3.63, 3.8) is 0 Å². The monoisotopic (exact) mass is 431 g/mol. The highest BCUT2D eigenvalue weighted by atomic mass is 35.5. The highest BCUT2D eigenvalue weighted by Crippen LogP contribution is 2.31. The van der Waals surface area contributed by atoms with Crippen molar-refractivity contribution in [2.24, 2.45) is 0 Å². The summed E-state index contributed by atoms with van der Waals surface area (Å²) in [5, 5.41) is 13.0. The number of ether oxygens (including phenoxy) is 1. The fourth-order valence-corrected chi connectivity index (χ4v) is 3.64. The Morgan fingerprint density at radius 3 is 2.62 bits per heavy atom. The number of methoxy groups -OCH3 is 1. The van der Waals surface area contributed by atoms with Crippen molar-refractivity contribution in [2.45, 2.75) is 17.8 Å². The molecule has 4 rings (SSSR count). The lowest BCUT2D eigenvalue weighted by Crippen LogP contribution is -2.00. The first-order valence-corrected chi connectivity index (χ1v) is 9.89. The molecule has 0 aliphatic rings. The van der Waals surface area contributed by atoms with E-state index in [4.69, 9.17) is 20.9 Å². The highest BCUT2D eigenvalue weighted by molar-refractivity contribution is 7.98. The van der Waals surface area contributed by atoms with Gasteiger partial charge < -0.3 is 9.26 Å². The van der Waals surface area contributed by atoms with Crippen molar-refractivity contribution in [1.82, 2.24) is 24.9 Å². The summed E-state index contributed by atoms with van der Waals surface area (Å²) in [4.78, 5) is 4.20. The maximum atomic E-state index is 13.7. The van der Waals surface area contributed by atoms with Crippen molar-refractivity contribution in [3.8, 4) is 22.8 Å². The second kappa shape index (κ2) is 8.22. The van der Waals surface area contributed by atoms with Crippen LogP contribution >= 0.6 is 23.4 Å². The Balaban J connectivity index is 1.75. The van der Waals surface area contributed by atoms with E-state index in [0.717, 1.165) is 11.3 Å². The topological polar surface area (TPSA) is 78.9 Å². The first-order chi connectivity index (χ1) is 14.0. The van der Waals surface area contributed by atoms with Gasteiger partial charge >= 0.3 is 0 Å². The van der Waals surface area contributed by atoms with E-state index in [2.05, 4.69) is 20.3 Å². The molecule has 0 saturated heterocycles. The minimum Gasteiger partial charge on any atom is -0.497 e. The Kier molecular flexibility index (Phi) is 5.50. The van der Waals surface area contributed by atoms with Gasteiger partial charge in [0.1, 0.15) is 11.6 Å². The highest BCUT2D eigenvalue weighted by Gasteiger charge is 2.18.